The summed E-state index contributed by atoms with van der Waals surface area (Å²) in [6.07, 6.45) is 0. The largest absolute Gasteiger partial charge is 0.496 e. The van der Waals surface area contributed by atoms with Crippen LogP contribution < -0.4 is 10.5 Å². The average Bonchev–Trinajstić information content (AvgIpc) is 2.07. The lowest BCUT2D eigenvalue weighted by atomic mass is 9.94. The number of benzene rings is 1. The smallest absolute Gasteiger partial charge is 0.130 e. The molecular weight excluding hydrogens is 181 g/mol. The molecule has 0 atom stereocenters. The van der Waals surface area contributed by atoms with Crippen LogP contribution in [0.3, 0.4) is 0 Å². The second kappa shape index (κ2) is 3.58. The first-order valence-electron chi connectivity index (χ1n) is 4.49. The topological polar surface area (TPSA) is 35.2 Å². The van der Waals surface area contributed by atoms with E-state index in [-0.39, 0.29) is 5.82 Å². The zero-order valence-corrected chi connectivity index (χ0v) is 9.02. The van der Waals surface area contributed by atoms with Crippen LogP contribution in [0.1, 0.15) is 25.0 Å². The van der Waals surface area contributed by atoms with Gasteiger partial charge in [-0.2, -0.15) is 0 Å². The Balaban J connectivity index is 3.30. The summed E-state index contributed by atoms with van der Waals surface area (Å²) in [7, 11) is 1.52. The second-order valence-corrected chi connectivity index (χ2v) is 4.01. The molecule has 3 heteroatoms. The first kappa shape index (κ1) is 11.0. The van der Waals surface area contributed by atoms with E-state index in [0.717, 1.165) is 5.56 Å². The molecule has 1 aromatic carbocycles. The van der Waals surface area contributed by atoms with Crippen molar-refractivity contribution >= 4 is 0 Å². The highest BCUT2D eigenvalue weighted by molar-refractivity contribution is 5.40. The van der Waals surface area contributed by atoms with Gasteiger partial charge in [0.25, 0.3) is 0 Å². The first-order chi connectivity index (χ1) is 6.36. The van der Waals surface area contributed by atoms with Crippen LogP contribution in [0.2, 0.25) is 0 Å². The number of hydrogen-bond donors (Lipinski definition) is 1. The molecule has 0 heterocycles. The van der Waals surface area contributed by atoms with E-state index in [1.165, 1.54) is 13.2 Å². The van der Waals surface area contributed by atoms with Gasteiger partial charge in [-0.05, 0) is 38.5 Å². The Morgan fingerprint density at radius 3 is 2.36 bits per heavy atom. The molecule has 78 valence electrons. The maximum Gasteiger partial charge on any atom is 0.130 e. The van der Waals surface area contributed by atoms with Crippen LogP contribution in [0.5, 0.6) is 5.75 Å². The Morgan fingerprint density at radius 2 is 1.93 bits per heavy atom. The van der Waals surface area contributed by atoms with Crippen molar-refractivity contribution in [1.29, 1.82) is 0 Å². The molecule has 0 spiro atoms. The van der Waals surface area contributed by atoms with Crippen LogP contribution in [-0.2, 0) is 5.54 Å². The maximum atomic E-state index is 13.4. The maximum absolute atomic E-state index is 13.4. The quantitative estimate of drug-likeness (QED) is 0.789. The fourth-order valence-corrected chi connectivity index (χ4v) is 1.24. The predicted octanol–water partition coefficient (Wildman–Crippen LogP) is 2.34. The van der Waals surface area contributed by atoms with Crippen molar-refractivity contribution < 1.29 is 9.13 Å². The Kier molecular flexibility index (Phi) is 2.81. The average molecular weight is 197 g/mol. The summed E-state index contributed by atoms with van der Waals surface area (Å²) >= 11 is 0. The van der Waals surface area contributed by atoms with Crippen molar-refractivity contribution in [3.8, 4) is 5.75 Å². The van der Waals surface area contributed by atoms with Gasteiger partial charge in [-0.25, -0.2) is 4.39 Å². The molecule has 0 saturated carbocycles. The molecule has 0 saturated heterocycles. The summed E-state index contributed by atoms with van der Waals surface area (Å²) in [5.74, 6) is 0.261. The summed E-state index contributed by atoms with van der Waals surface area (Å²) < 4.78 is 18.5. The Hall–Kier alpha value is -1.09. The third kappa shape index (κ3) is 2.04. The molecule has 1 rings (SSSR count). The molecule has 0 aliphatic carbocycles. The fraction of sp³-hybridized carbons (Fsp3) is 0.455. The van der Waals surface area contributed by atoms with E-state index in [1.807, 2.05) is 13.8 Å². The molecule has 0 aromatic heterocycles. The van der Waals surface area contributed by atoms with Crippen molar-refractivity contribution in [2.24, 2.45) is 5.73 Å². The molecule has 14 heavy (non-hydrogen) atoms. The van der Waals surface area contributed by atoms with E-state index < -0.39 is 5.54 Å². The number of halogens is 1. The second-order valence-electron chi connectivity index (χ2n) is 4.01. The van der Waals surface area contributed by atoms with Crippen molar-refractivity contribution in [1.82, 2.24) is 0 Å². The number of rotatable bonds is 2. The third-order valence-electron chi connectivity index (χ3n) is 2.26. The van der Waals surface area contributed by atoms with Gasteiger partial charge in [0.1, 0.15) is 11.6 Å². The Morgan fingerprint density at radius 1 is 1.36 bits per heavy atom. The van der Waals surface area contributed by atoms with Gasteiger partial charge in [0.15, 0.2) is 0 Å². The molecule has 0 amide bonds. The molecule has 0 radical (unpaired) electrons. The highest BCUT2D eigenvalue weighted by atomic mass is 19.1. The molecule has 0 unspecified atom stereocenters. The minimum Gasteiger partial charge on any atom is -0.496 e. The zero-order valence-electron chi connectivity index (χ0n) is 9.02. The lowest BCUT2D eigenvalue weighted by Crippen LogP contribution is -2.28. The predicted molar refractivity (Wildman–Crippen MR) is 54.9 cm³/mol. The summed E-state index contributed by atoms with van der Waals surface area (Å²) in [5.41, 5.74) is 6.57. The van der Waals surface area contributed by atoms with E-state index >= 15 is 0 Å². The third-order valence-corrected chi connectivity index (χ3v) is 2.26. The first-order valence-corrected chi connectivity index (χ1v) is 4.49. The van der Waals surface area contributed by atoms with Crippen LogP contribution in [0, 0.1) is 12.7 Å². The van der Waals surface area contributed by atoms with Gasteiger partial charge in [-0.15, -0.1) is 0 Å². The highest BCUT2D eigenvalue weighted by Crippen LogP contribution is 2.27. The number of nitrogens with two attached hydrogens (primary N) is 1. The van der Waals surface area contributed by atoms with E-state index in [1.54, 1.807) is 13.0 Å². The summed E-state index contributed by atoms with van der Waals surface area (Å²) in [6.45, 7) is 5.34. The summed E-state index contributed by atoms with van der Waals surface area (Å²) in [6, 6.07) is 3.23. The standard InChI is InChI=1S/C11H16FNO/c1-7-9(12)5-8(11(2,3)13)6-10(7)14-4/h5-6H,13H2,1-4H3. The molecule has 0 aliphatic rings. The van der Waals surface area contributed by atoms with Crippen molar-refractivity contribution in [3.63, 3.8) is 0 Å². The van der Waals surface area contributed by atoms with Gasteiger partial charge in [0.2, 0.25) is 0 Å². The van der Waals surface area contributed by atoms with E-state index in [2.05, 4.69) is 0 Å². The van der Waals surface area contributed by atoms with Gasteiger partial charge in [-0.1, -0.05) is 0 Å². The lowest BCUT2D eigenvalue weighted by molar-refractivity contribution is 0.403. The normalized spacial score (nSPS) is 11.6. The van der Waals surface area contributed by atoms with Crippen LogP contribution in [0.15, 0.2) is 12.1 Å². The molecule has 0 aliphatic heterocycles. The van der Waals surface area contributed by atoms with Crippen LogP contribution in [0.4, 0.5) is 4.39 Å². The number of ether oxygens (including phenoxy) is 1. The SMILES string of the molecule is COc1cc(C(C)(C)N)cc(F)c1C. The van der Waals surface area contributed by atoms with Gasteiger partial charge in [-0.3, -0.25) is 0 Å². The molecule has 1 aromatic rings. The van der Waals surface area contributed by atoms with Crippen LogP contribution >= 0.6 is 0 Å². The van der Waals surface area contributed by atoms with Crippen molar-refractivity contribution in [3.05, 3.63) is 29.1 Å². The lowest BCUT2D eigenvalue weighted by Gasteiger charge is -2.20. The van der Waals surface area contributed by atoms with Gasteiger partial charge in [0.05, 0.1) is 7.11 Å². The monoisotopic (exact) mass is 197 g/mol. The molecule has 0 bridgehead atoms. The summed E-state index contributed by atoms with van der Waals surface area (Å²) in [4.78, 5) is 0. The van der Waals surface area contributed by atoms with Crippen LogP contribution in [0.25, 0.3) is 0 Å². The van der Waals surface area contributed by atoms with E-state index in [0.29, 0.717) is 11.3 Å². The minimum absolute atomic E-state index is 0.280. The van der Waals surface area contributed by atoms with E-state index in [4.69, 9.17) is 10.5 Å². The fourth-order valence-electron chi connectivity index (χ4n) is 1.24. The van der Waals surface area contributed by atoms with E-state index in [9.17, 15) is 4.39 Å². The van der Waals surface area contributed by atoms with Crippen molar-refractivity contribution in [2.45, 2.75) is 26.3 Å². The Bertz CT molecular complexity index is 342. The highest BCUT2D eigenvalue weighted by Gasteiger charge is 2.18. The van der Waals surface area contributed by atoms with Crippen LogP contribution in [-0.4, -0.2) is 7.11 Å². The zero-order chi connectivity index (χ0) is 10.9. The van der Waals surface area contributed by atoms with Gasteiger partial charge < -0.3 is 10.5 Å². The van der Waals surface area contributed by atoms with Gasteiger partial charge in [0, 0.05) is 11.1 Å². The number of methoxy groups -OCH3 is 1. The Labute approximate surface area is 83.9 Å². The molecule has 2 nitrogen and oxygen atoms in total. The molecular formula is C11H16FNO. The summed E-state index contributed by atoms with van der Waals surface area (Å²) in [5, 5.41) is 0. The minimum atomic E-state index is -0.554. The number of hydrogen-bond acceptors (Lipinski definition) is 2. The molecule has 2 N–H and O–H groups in total. The van der Waals surface area contributed by atoms with Crippen molar-refractivity contribution in [2.75, 3.05) is 7.11 Å². The molecule has 0 fully saturated rings. The van der Waals surface area contributed by atoms with Gasteiger partial charge >= 0.3 is 0 Å².